The van der Waals surface area contributed by atoms with Crippen molar-refractivity contribution in [2.24, 2.45) is 0 Å². The van der Waals surface area contributed by atoms with Crippen molar-refractivity contribution in [1.29, 1.82) is 0 Å². The quantitative estimate of drug-likeness (QED) is 0.789. The lowest BCUT2D eigenvalue weighted by Crippen LogP contribution is -1.97. The number of rotatable bonds is 5. The molecule has 0 aliphatic carbocycles. The van der Waals surface area contributed by atoms with Gasteiger partial charge in [-0.25, -0.2) is 4.98 Å². The Kier molecular flexibility index (Phi) is 4.69. The molecule has 0 bridgehead atoms. The zero-order valence-electron chi connectivity index (χ0n) is 10.8. The lowest BCUT2D eigenvalue weighted by atomic mass is 10.2. The number of Topliss-reactive ketones (excluding diaryl/α,β-unsaturated/α-hetero) is 1. The van der Waals surface area contributed by atoms with E-state index < -0.39 is 0 Å². The topological polar surface area (TPSA) is 39.2 Å². The number of ether oxygens (including phenoxy) is 1. The fourth-order valence-electron chi connectivity index (χ4n) is 1.76. The van der Waals surface area contributed by atoms with Gasteiger partial charge < -0.3 is 4.74 Å². The highest BCUT2D eigenvalue weighted by molar-refractivity contribution is 7.13. The van der Waals surface area contributed by atoms with E-state index in [1.165, 1.54) is 11.3 Å². The highest BCUT2D eigenvalue weighted by atomic mass is 35.5. The average molecular weight is 296 g/mol. The van der Waals surface area contributed by atoms with Crippen molar-refractivity contribution in [2.75, 3.05) is 7.11 Å². The van der Waals surface area contributed by atoms with Crippen LogP contribution in [0.5, 0.6) is 0 Å². The van der Waals surface area contributed by atoms with Crippen LogP contribution in [0.15, 0.2) is 24.3 Å². The van der Waals surface area contributed by atoms with Crippen molar-refractivity contribution in [2.45, 2.75) is 20.0 Å². The SMILES string of the molecule is COCc1nc(Cc2ccc(Cl)cc2)sc1C(C)=O. The fraction of sp³-hybridized carbons (Fsp3) is 0.286. The summed E-state index contributed by atoms with van der Waals surface area (Å²) in [6.45, 7) is 1.92. The Morgan fingerprint density at radius 3 is 2.63 bits per heavy atom. The molecule has 0 spiro atoms. The van der Waals surface area contributed by atoms with Crippen molar-refractivity contribution in [3.05, 3.63) is 50.4 Å². The van der Waals surface area contributed by atoms with E-state index in [9.17, 15) is 4.79 Å². The van der Waals surface area contributed by atoms with Gasteiger partial charge >= 0.3 is 0 Å². The van der Waals surface area contributed by atoms with Gasteiger partial charge in [-0.15, -0.1) is 11.3 Å². The molecule has 0 radical (unpaired) electrons. The van der Waals surface area contributed by atoms with Gasteiger partial charge in [-0.2, -0.15) is 0 Å². The van der Waals surface area contributed by atoms with Crippen LogP contribution in [0, 0.1) is 0 Å². The monoisotopic (exact) mass is 295 g/mol. The molecule has 0 aliphatic rings. The second kappa shape index (κ2) is 6.28. The molecule has 5 heteroatoms. The van der Waals surface area contributed by atoms with E-state index in [-0.39, 0.29) is 5.78 Å². The summed E-state index contributed by atoms with van der Waals surface area (Å²) in [7, 11) is 1.60. The van der Waals surface area contributed by atoms with Gasteiger partial charge in [0.05, 0.1) is 22.2 Å². The number of halogens is 1. The third-order valence-corrected chi connectivity index (χ3v) is 4.06. The number of ketones is 1. The Balaban J connectivity index is 2.23. The summed E-state index contributed by atoms with van der Waals surface area (Å²) >= 11 is 7.29. The number of benzene rings is 1. The van der Waals surface area contributed by atoms with Gasteiger partial charge in [0.15, 0.2) is 5.78 Å². The van der Waals surface area contributed by atoms with Crippen LogP contribution in [0.25, 0.3) is 0 Å². The van der Waals surface area contributed by atoms with Crippen molar-refractivity contribution >= 4 is 28.7 Å². The summed E-state index contributed by atoms with van der Waals surface area (Å²) < 4.78 is 5.07. The molecule has 1 aromatic heterocycles. The van der Waals surface area contributed by atoms with Crippen LogP contribution >= 0.6 is 22.9 Å². The second-order valence-corrected chi connectivity index (χ2v) is 5.70. The first-order valence-electron chi connectivity index (χ1n) is 5.83. The number of carbonyl (C=O) groups excluding carboxylic acids is 1. The Morgan fingerprint density at radius 1 is 1.37 bits per heavy atom. The molecular weight excluding hydrogens is 282 g/mol. The number of thiazole rings is 1. The molecule has 0 aliphatic heterocycles. The van der Waals surface area contributed by atoms with Crippen LogP contribution in [0.1, 0.15) is 32.9 Å². The second-order valence-electron chi connectivity index (χ2n) is 4.18. The number of hydrogen-bond donors (Lipinski definition) is 0. The summed E-state index contributed by atoms with van der Waals surface area (Å²) in [5.41, 5.74) is 1.85. The van der Waals surface area contributed by atoms with Gasteiger partial charge in [0.1, 0.15) is 0 Å². The van der Waals surface area contributed by atoms with E-state index >= 15 is 0 Å². The summed E-state index contributed by atoms with van der Waals surface area (Å²) in [5, 5.41) is 1.63. The van der Waals surface area contributed by atoms with Crippen LogP contribution in [-0.4, -0.2) is 17.9 Å². The molecule has 0 unspecified atom stereocenters. The molecule has 1 aromatic carbocycles. The summed E-state index contributed by atoms with van der Waals surface area (Å²) in [6, 6.07) is 7.64. The van der Waals surface area contributed by atoms with E-state index in [4.69, 9.17) is 16.3 Å². The van der Waals surface area contributed by atoms with Crippen LogP contribution < -0.4 is 0 Å². The number of hydrogen-bond acceptors (Lipinski definition) is 4. The Morgan fingerprint density at radius 2 is 2.05 bits per heavy atom. The maximum Gasteiger partial charge on any atom is 0.171 e. The first kappa shape index (κ1) is 14.2. The highest BCUT2D eigenvalue weighted by Gasteiger charge is 2.14. The minimum atomic E-state index is 0.0342. The molecule has 2 aromatic rings. The van der Waals surface area contributed by atoms with Gasteiger partial charge in [0, 0.05) is 25.5 Å². The minimum absolute atomic E-state index is 0.0342. The van der Waals surface area contributed by atoms with Gasteiger partial charge in [-0.1, -0.05) is 23.7 Å². The molecule has 1 heterocycles. The number of methoxy groups -OCH3 is 1. The molecule has 0 saturated carbocycles. The molecule has 0 N–H and O–H groups in total. The first-order chi connectivity index (χ1) is 9.10. The highest BCUT2D eigenvalue weighted by Crippen LogP contribution is 2.23. The summed E-state index contributed by atoms with van der Waals surface area (Å²) in [4.78, 5) is 16.7. The molecule has 0 fully saturated rings. The van der Waals surface area contributed by atoms with Crippen LogP contribution in [0.3, 0.4) is 0 Å². The Bertz CT molecular complexity index is 578. The molecule has 3 nitrogen and oxygen atoms in total. The zero-order chi connectivity index (χ0) is 13.8. The Hall–Kier alpha value is -1.23. The van der Waals surface area contributed by atoms with Crippen molar-refractivity contribution < 1.29 is 9.53 Å². The van der Waals surface area contributed by atoms with Gasteiger partial charge in [0.25, 0.3) is 0 Å². The van der Waals surface area contributed by atoms with Gasteiger partial charge in [-0.3, -0.25) is 4.79 Å². The zero-order valence-corrected chi connectivity index (χ0v) is 12.3. The Labute approximate surface area is 121 Å². The number of aromatic nitrogens is 1. The summed E-state index contributed by atoms with van der Waals surface area (Å²) in [5.74, 6) is 0.0342. The van der Waals surface area contributed by atoms with Gasteiger partial charge in [0.2, 0.25) is 0 Å². The molecule has 100 valence electrons. The minimum Gasteiger partial charge on any atom is -0.378 e. The van der Waals surface area contributed by atoms with Crippen molar-refractivity contribution in [3.63, 3.8) is 0 Å². The molecule has 2 rings (SSSR count). The molecular formula is C14H14ClNO2S. The number of carbonyl (C=O) groups is 1. The van der Waals surface area contributed by atoms with Crippen LogP contribution in [0.4, 0.5) is 0 Å². The van der Waals surface area contributed by atoms with E-state index in [0.717, 1.165) is 16.3 Å². The molecule has 0 amide bonds. The van der Waals surface area contributed by atoms with Crippen molar-refractivity contribution in [3.8, 4) is 0 Å². The predicted molar refractivity (Wildman–Crippen MR) is 77.1 cm³/mol. The molecule has 0 atom stereocenters. The van der Waals surface area contributed by atoms with Gasteiger partial charge in [-0.05, 0) is 17.7 Å². The normalized spacial score (nSPS) is 10.7. The van der Waals surface area contributed by atoms with E-state index in [0.29, 0.717) is 22.9 Å². The standard InChI is InChI=1S/C14H14ClNO2S/c1-9(17)14-12(8-18-2)16-13(19-14)7-10-3-5-11(15)6-4-10/h3-6H,7-8H2,1-2H3. The lowest BCUT2D eigenvalue weighted by molar-refractivity contribution is 0.101. The maximum atomic E-state index is 11.5. The van der Waals surface area contributed by atoms with E-state index in [2.05, 4.69) is 4.98 Å². The third kappa shape index (κ3) is 3.62. The summed E-state index contributed by atoms with van der Waals surface area (Å²) in [6.07, 6.45) is 0.700. The first-order valence-corrected chi connectivity index (χ1v) is 7.02. The smallest absolute Gasteiger partial charge is 0.171 e. The number of nitrogens with zero attached hydrogens (tertiary/aromatic N) is 1. The van der Waals surface area contributed by atoms with Crippen LogP contribution in [0.2, 0.25) is 5.02 Å². The predicted octanol–water partition coefficient (Wildman–Crippen LogP) is 3.74. The van der Waals surface area contributed by atoms with E-state index in [1.54, 1.807) is 14.0 Å². The maximum absolute atomic E-state index is 11.5. The lowest BCUT2D eigenvalue weighted by Gasteiger charge is -1.97. The third-order valence-electron chi connectivity index (χ3n) is 2.61. The fourth-order valence-corrected chi connectivity index (χ4v) is 2.89. The molecule has 19 heavy (non-hydrogen) atoms. The molecule has 0 saturated heterocycles. The average Bonchev–Trinajstić information content (AvgIpc) is 2.76. The van der Waals surface area contributed by atoms with Crippen LogP contribution in [-0.2, 0) is 17.8 Å². The van der Waals surface area contributed by atoms with Crippen molar-refractivity contribution in [1.82, 2.24) is 4.98 Å². The van der Waals surface area contributed by atoms with E-state index in [1.807, 2.05) is 24.3 Å². The largest absolute Gasteiger partial charge is 0.378 e.